The Hall–Kier alpha value is -0.910. The van der Waals surface area contributed by atoms with E-state index in [1.807, 2.05) is 6.33 Å². The van der Waals surface area contributed by atoms with E-state index in [4.69, 9.17) is 10.5 Å². The fourth-order valence-electron chi connectivity index (χ4n) is 3.34. The van der Waals surface area contributed by atoms with Crippen molar-refractivity contribution in [2.45, 2.75) is 50.9 Å². The van der Waals surface area contributed by atoms with Crippen molar-refractivity contribution in [3.63, 3.8) is 0 Å². The molecule has 1 saturated carbocycles. The predicted molar refractivity (Wildman–Crippen MR) is 73.7 cm³/mol. The van der Waals surface area contributed by atoms with Gasteiger partial charge in [0.05, 0.1) is 24.7 Å². The van der Waals surface area contributed by atoms with Crippen LogP contribution in [0.2, 0.25) is 0 Å². The molecule has 1 aliphatic heterocycles. The Kier molecular flexibility index (Phi) is 4.15. The van der Waals surface area contributed by atoms with Gasteiger partial charge in [-0.3, -0.25) is 4.90 Å². The van der Waals surface area contributed by atoms with Crippen molar-refractivity contribution < 1.29 is 4.74 Å². The van der Waals surface area contributed by atoms with Gasteiger partial charge < -0.3 is 15.0 Å². The topological polar surface area (TPSA) is 56.3 Å². The number of hydrogen-bond donors (Lipinski definition) is 1. The highest BCUT2D eigenvalue weighted by atomic mass is 16.5. The smallest absolute Gasteiger partial charge is 0.0950 e. The van der Waals surface area contributed by atoms with Crippen LogP contribution in [0.25, 0.3) is 0 Å². The molecule has 2 fully saturated rings. The van der Waals surface area contributed by atoms with Gasteiger partial charge in [0.2, 0.25) is 0 Å². The van der Waals surface area contributed by atoms with E-state index in [1.165, 1.54) is 25.7 Å². The van der Waals surface area contributed by atoms with Gasteiger partial charge >= 0.3 is 0 Å². The minimum absolute atomic E-state index is 0.452. The van der Waals surface area contributed by atoms with Gasteiger partial charge in [0.15, 0.2) is 0 Å². The number of aromatic nitrogens is 2. The Morgan fingerprint density at radius 2 is 2.26 bits per heavy atom. The lowest BCUT2D eigenvalue weighted by molar-refractivity contribution is -0.0914. The highest BCUT2D eigenvalue weighted by Crippen LogP contribution is 2.29. The van der Waals surface area contributed by atoms with Gasteiger partial charge in [-0.25, -0.2) is 4.98 Å². The monoisotopic (exact) mass is 264 g/mol. The Morgan fingerprint density at radius 1 is 1.37 bits per heavy atom. The molecule has 106 valence electrons. The van der Waals surface area contributed by atoms with Crippen molar-refractivity contribution in [1.29, 1.82) is 0 Å². The van der Waals surface area contributed by atoms with Crippen molar-refractivity contribution in [2.75, 3.05) is 19.7 Å². The lowest BCUT2D eigenvalue weighted by Crippen LogP contribution is -2.52. The van der Waals surface area contributed by atoms with E-state index in [0.29, 0.717) is 18.7 Å². The standard InChI is InChI=1S/C14H24N4O/c15-5-6-17-9-12(16-11-17)10-18-7-8-19-14-4-2-1-3-13(14)18/h9,11,13-14H,1-8,10,15H2. The second-order valence-corrected chi connectivity index (χ2v) is 5.62. The van der Waals surface area contributed by atoms with Crippen LogP contribution in [0.4, 0.5) is 0 Å². The highest BCUT2D eigenvalue weighted by Gasteiger charge is 2.34. The van der Waals surface area contributed by atoms with Gasteiger partial charge in [-0.15, -0.1) is 0 Å². The van der Waals surface area contributed by atoms with Gasteiger partial charge in [0, 0.05) is 38.4 Å². The molecule has 0 aromatic carbocycles. The van der Waals surface area contributed by atoms with Gasteiger partial charge in [-0.1, -0.05) is 12.8 Å². The van der Waals surface area contributed by atoms with Crippen LogP contribution in [0.3, 0.4) is 0 Å². The van der Waals surface area contributed by atoms with Gasteiger partial charge in [0.25, 0.3) is 0 Å². The van der Waals surface area contributed by atoms with Crippen LogP contribution in [0.1, 0.15) is 31.4 Å². The summed E-state index contributed by atoms with van der Waals surface area (Å²) in [6.07, 6.45) is 9.62. The first-order valence-electron chi connectivity index (χ1n) is 7.43. The molecular weight excluding hydrogens is 240 g/mol. The number of imidazole rings is 1. The van der Waals surface area contributed by atoms with Crippen molar-refractivity contribution in [2.24, 2.45) is 5.73 Å². The van der Waals surface area contributed by atoms with Crippen LogP contribution in [0.15, 0.2) is 12.5 Å². The van der Waals surface area contributed by atoms with Gasteiger partial charge in [-0.2, -0.15) is 0 Å². The number of morpholine rings is 1. The summed E-state index contributed by atoms with van der Waals surface area (Å²) in [5.41, 5.74) is 6.72. The summed E-state index contributed by atoms with van der Waals surface area (Å²) in [5.74, 6) is 0. The molecule has 0 bridgehead atoms. The van der Waals surface area contributed by atoms with Crippen LogP contribution in [-0.4, -0.2) is 46.3 Å². The van der Waals surface area contributed by atoms with Crippen LogP contribution in [0, 0.1) is 0 Å². The summed E-state index contributed by atoms with van der Waals surface area (Å²) in [6, 6.07) is 0.599. The SMILES string of the molecule is NCCn1cnc(CN2CCOC3CCCCC32)c1. The number of rotatable bonds is 4. The average molecular weight is 264 g/mol. The zero-order valence-electron chi connectivity index (χ0n) is 11.5. The fourth-order valence-corrected chi connectivity index (χ4v) is 3.34. The first kappa shape index (κ1) is 13.1. The molecule has 5 nitrogen and oxygen atoms in total. The lowest BCUT2D eigenvalue weighted by atomic mass is 9.90. The highest BCUT2D eigenvalue weighted by molar-refractivity contribution is 4.99. The second kappa shape index (κ2) is 6.03. The molecule has 5 heteroatoms. The van der Waals surface area contributed by atoms with E-state index in [1.54, 1.807) is 0 Å². The maximum absolute atomic E-state index is 5.91. The van der Waals surface area contributed by atoms with Crippen molar-refractivity contribution in [1.82, 2.24) is 14.5 Å². The predicted octanol–water partition coefficient (Wildman–Crippen LogP) is 0.985. The van der Waals surface area contributed by atoms with Crippen molar-refractivity contribution in [3.8, 4) is 0 Å². The Morgan fingerprint density at radius 3 is 3.16 bits per heavy atom. The summed E-state index contributed by atoms with van der Waals surface area (Å²) < 4.78 is 7.99. The zero-order valence-corrected chi connectivity index (χ0v) is 11.5. The Labute approximate surface area is 114 Å². The minimum atomic E-state index is 0.452. The fraction of sp³-hybridized carbons (Fsp3) is 0.786. The molecule has 0 radical (unpaired) electrons. The van der Waals surface area contributed by atoms with Crippen LogP contribution in [0.5, 0.6) is 0 Å². The van der Waals surface area contributed by atoms with E-state index in [0.717, 1.165) is 31.9 Å². The molecule has 0 spiro atoms. The van der Waals surface area contributed by atoms with Gasteiger partial charge in [0.1, 0.15) is 0 Å². The number of nitrogens with two attached hydrogens (primary N) is 1. The summed E-state index contributed by atoms with van der Waals surface area (Å²) in [5, 5.41) is 0. The molecule has 2 N–H and O–H groups in total. The van der Waals surface area contributed by atoms with Gasteiger partial charge in [-0.05, 0) is 12.8 Å². The largest absolute Gasteiger partial charge is 0.375 e. The third-order valence-electron chi connectivity index (χ3n) is 4.29. The van der Waals surface area contributed by atoms with Crippen molar-refractivity contribution in [3.05, 3.63) is 18.2 Å². The van der Waals surface area contributed by atoms with E-state index in [-0.39, 0.29) is 0 Å². The normalized spacial score (nSPS) is 28.3. The van der Waals surface area contributed by atoms with E-state index in [9.17, 15) is 0 Å². The second-order valence-electron chi connectivity index (χ2n) is 5.62. The van der Waals surface area contributed by atoms with Crippen LogP contribution in [-0.2, 0) is 17.8 Å². The molecule has 1 aliphatic carbocycles. The molecule has 19 heavy (non-hydrogen) atoms. The molecule has 1 saturated heterocycles. The molecule has 3 rings (SSSR count). The van der Waals surface area contributed by atoms with Crippen LogP contribution < -0.4 is 5.73 Å². The molecule has 2 heterocycles. The maximum atomic E-state index is 5.91. The van der Waals surface area contributed by atoms with Crippen LogP contribution >= 0.6 is 0 Å². The molecule has 2 atom stereocenters. The third-order valence-corrected chi connectivity index (χ3v) is 4.29. The Bertz CT molecular complexity index is 404. The summed E-state index contributed by atoms with van der Waals surface area (Å²) in [4.78, 5) is 7.05. The minimum Gasteiger partial charge on any atom is -0.375 e. The molecular formula is C14H24N4O. The zero-order chi connectivity index (χ0) is 13.1. The van der Waals surface area contributed by atoms with Crippen molar-refractivity contribution >= 4 is 0 Å². The average Bonchev–Trinajstić information content (AvgIpc) is 2.87. The number of hydrogen-bond acceptors (Lipinski definition) is 4. The Balaban J connectivity index is 1.63. The van der Waals surface area contributed by atoms with E-state index < -0.39 is 0 Å². The van der Waals surface area contributed by atoms with E-state index in [2.05, 4.69) is 20.6 Å². The molecule has 2 unspecified atom stereocenters. The maximum Gasteiger partial charge on any atom is 0.0950 e. The first-order valence-corrected chi connectivity index (χ1v) is 7.43. The molecule has 1 aromatic rings. The summed E-state index contributed by atoms with van der Waals surface area (Å²) in [6.45, 7) is 4.36. The van der Waals surface area contributed by atoms with E-state index >= 15 is 0 Å². The lowest BCUT2D eigenvalue weighted by Gasteiger charge is -2.43. The molecule has 2 aliphatic rings. The quantitative estimate of drug-likeness (QED) is 0.881. The number of fused-ring (bicyclic) bond motifs is 1. The first-order chi connectivity index (χ1) is 9.36. The molecule has 1 aromatic heterocycles. The molecule has 0 amide bonds. The third kappa shape index (κ3) is 2.99. The number of nitrogens with zero attached hydrogens (tertiary/aromatic N) is 3. The summed E-state index contributed by atoms with van der Waals surface area (Å²) >= 11 is 0. The number of ether oxygens (including phenoxy) is 1. The summed E-state index contributed by atoms with van der Waals surface area (Å²) in [7, 11) is 0.